The van der Waals surface area contributed by atoms with Crippen LogP contribution in [-0.4, -0.2) is 22.2 Å². The molecule has 5 heteroatoms. The van der Waals surface area contributed by atoms with Crippen LogP contribution >= 0.6 is 0 Å². The molecule has 0 spiro atoms. The maximum absolute atomic E-state index is 12.0. The molecule has 0 bridgehead atoms. The highest BCUT2D eigenvalue weighted by Gasteiger charge is 2.36. The van der Waals surface area contributed by atoms with Crippen molar-refractivity contribution in [1.82, 2.24) is 0 Å². The molecule has 68 valence electrons. The summed E-state index contributed by atoms with van der Waals surface area (Å²) in [5, 5.41) is 16.9. The molecule has 0 unspecified atom stereocenters. The number of carboxylic acid groups (broad SMARTS) is 2. The molecule has 0 rings (SSSR count). The van der Waals surface area contributed by atoms with Crippen molar-refractivity contribution in [2.75, 3.05) is 0 Å². The van der Waals surface area contributed by atoms with Crippen LogP contribution in [0.5, 0.6) is 0 Å². The highest BCUT2D eigenvalue weighted by molar-refractivity contribution is 5.95. The zero-order valence-electron chi connectivity index (χ0n) is 6.67. The van der Waals surface area contributed by atoms with Gasteiger partial charge in [-0.2, -0.15) is 0 Å². The molecular formula is C7H9FO4. The van der Waals surface area contributed by atoms with Crippen LogP contribution in [0.25, 0.3) is 0 Å². The molecule has 0 heterocycles. The highest BCUT2D eigenvalue weighted by atomic mass is 19.1. The number of halogens is 1. The van der Waals surface area contributed by atoms with Gasteiger partial charge in [-0.1, -0.05) is 0 Å². The molecule has 4 nitrogen and oxygen atoms in total. The van der Waals surface area contributed by atoms with Crippen molar-refractivity contribution in [3.05, 3.63) is 11.9 Å². The van der Waals surface area contributed by atoms with E-state index in [2.05, 4.69) is 0 Å². The second-order valence-electron chi connectivity index (χ2n) is 2.76. The lowest BCUT2D eigenvalue weighted by atomic mass is 9.85. The smallest absolute Gasteiger partial charge is 0.335 e. The third kappa shape index (κ3) is 1.81. The molecule has 0 saturated carbocycles. The Morgan fingerprint density at radius 3 is 1.83 bits per heavy atom. The Labute approximate surface area is 68.3 Å². The van der Waals surface area contributed by atoms with E-state index in [0.29, 0.717) is 0 Å². The quantitative estimate of drug-likeness (QED) is 0.630. The molecule has 0 aliphatic rings. The van der Waals surface area contributed by atoms with Gasteiger partial charge in [0.1, 0.15) is 0 Å². The molecule has 0 amide bonds. The van der Waals surface area contributed by atoms with Crippen molar-refractivity contribution in [3.63, 3.8) is 0 Å². The molecule has 2 N–H and O–H groups in total. The summed E-state index contributed by atoms with van der Waals surface area (Å²) in [6.45, 7) is 2.24. The summed E-state index contributed by atoms with van der Waals surface area (Å²) in [5.41, 5.74) is -2.48. The monoisotopic (exact) mass is 176 g/mol. The van der Waals surface area contributed by atoms with Gasteiger partial charge in [-0.3, -0.25) is 4.79 Å². The summed E-state index contributed by atoms with van der Waals surface area (Å²) in [6.07, 6.45) is -0.198. The van der Waals surface area contributed by atoms with Crippen LogP contribution in [0.1, 0.15) is 13.8 Å². The van der Waals surface area contributed by atoms with Crippen molar-refractivity contribution in [3.8, 4) is 0 Å². The van der Waals surface area contributed by atoms with Crippen LogP contribution in [0.4, 0.5) is 4.39 Å². The molecule has 0 radical (unpaired) electrons. The molecule has 0 aromatic rings. The van der Waals surface area contributed by atoms with Gasteiger partial charge in [-0.15, -0.1) is 0 Å². The van der Waals surface area contributed by atoms with Gasteiger partial charge in [0.2, 0.25) is 0 Å². The predicted molar refractivity (Wildman–Crippen MR) is 38.2 cm³/mol. The standard InChI is InChI=1S/C7H9FO4/c1-7(2,6(11)12)4(3-8)5(9)10/h3H,1-2H3,(H,9,10)(H,11,12). The van der Waals surface area contributed by atoms with Gasteiger partial charge in [0.05, 0.1) is 17.3 Å². The number of aliphatic carboxylic acids is 2. The minimum atomic E-state index is -1.71. The van der Waals surface area contributed by atoms with E-state index in [0.717, 1.165) is 13.8 Å². The lowest BCUT2D eigenvalue weighted by Crippen LogP contribution is -2.29. The van der Waals surface area contributed by atoms with Crippen molar-refractivity contribution in [2.45, 2.75) is 13.8 Å². The largest absolute Gasteiger partial charge is 0.481 e. The van der Waals surface area contributed by atoms with Gasteiger partial charge in [0.15, 0.2) is 0 Å². The number of hydrogen-bond donors (Lipinski definition) is 2. The third-order valence-corrected chi connectivity index (χ3v) is 1.55. The molecule has 0 fully saturated rings. The third-order valence-electron chi connectivity index (χ3n) is 1.55. The lowest BCUT2D eigenvalue weighted by Gasteiger charge is -2.18. The number of carbonyl (C=O) groups is 2. The van der Waals surface area contributed by atoms with Crippen LogP contribution in [-0.2, 0) is 9.59 Å². The van der Waals surface area contributed by atoms with E-state index in [1.165, 1.54) is 0 Å². The predicted octanol–water partition coefficient (Wildman–Crippen LogP) is 1.04. The summed E-state index contributed by atoms with van der Waals surface area (Å²) in [6, 6.07) is 0. The molecule has 0 aliphatic carbocycles. The van der Waals surface area contributed by atoms with Crippen molar-refractivity contribution >= 4 is 11.9 Å². The molecule has 0 aliphatic heterocycles. The fraction of sp³-hybridized carbons (Fsp3) is 0.429. The van der Waals surface area contributed by atoms with E-state index >= 15 is 0 Å². The maximum Gasteiger partial charge on any atom is 0.335 e. The van der Waals surface area contributed by atoms with Crippen LogP contribution < -0.4 is 0 Å². The first-order valence-electron chi connectivity index (χ1n) is 3.11. The normalized spacial score (nSPS) is 12.8. The van der Waals surface area contributed by atoms with Gasteiger partial charge in [-0.25, -0.2) is 9.18 Å². The SMILES string of the molecule is CC(C)(C(=O)O)C(=CF)C(=O)O. The fourth-order valence-corrected chi connectivity index (χ4v) is 0.566. The Morgan fingerprint density at radius 2 is 1.75 bits per heavy atom. The zero-order valence-corrected chi connectivity index (χ0v) is 6.67. The Morgan fingerprint density at radius 1 is 1.33 bits per heavy atom. The van der Waals surface area contributed by atoms with Crippen LogP contribution in [0.3, 0.4) is 0 Å². The first kappa shape index (κ1) is 10.6. The average molecular weight is 176 g/mol. The Kier molecular flexibility index (Phi) is 2.95. The summed E-state index contributed by atoms with van der Waals surface area (Å²) in [4.78, 5) is 20.8. The molecule has 12 heavy (non-hydrogen) atoms. The zero-order chi connectivity index (χ0) is 9.94. The van der Waals surface area contributed by atoms with Gasteiger partial charge >= 0.3 is 11.9 Å². The molecule has 0 aromatic heterocycles. The molecule has 0 saturated heterocycles. The second kappa shape index (κ2) is 3.34. The van der Waals surface area contributed by atoms with E-state index in [1.54, 1.807) is 0 Å². The molecule has 0 atom stereocenters. The second-order valence-corrected chi connectivity index (χ2v) is 2.76. The first-order chi connectivity index (χ1) is 5.34. The van der Waals surface area contributed by atoms with Gasteiger partial charge < -0.3 is 10.2 Å². The highest BCUT2D eigenvalue weighted by Crippen LogP contribution is 2.26. The molecular weight excluding hydrogens is 167 g/mol. The Balaban J connectivity index is 5.00. The van der Waals surface area contributed by atoms with Crippen molar-refractivity contribution in [1.29, 1.82) is 0 Å². The maximum atomic E-state index is 12.0. The van der Waals surface area contributed by atoms with Gasteiger partial charge in [0, 0.05) is 0 Å². The van der Waals surface area contributed by atoms with E-state index in [-0.39, 0.29) is 6.33 Å². The topological polar surface area (TPSA) is 74.6 Å². The average Bonchev–Trinajstić information content (AvgIpc) is 1.86. The van der Waals surface area contributed by atoms with E-state index in [1.807, 2.05) is 0 Å². The summed E-state index contributed by atoms with van der Waals surface area (Å²) in [5.74, 6) is -2.95. The number of carboxylic acids is 2. The molecule has 0 aromatic carbocycles. The van der Waals surface area contributed by atoms with Crippen molar-refractivity contribution < 1.29 is 24.2 Å². The number of hydrogen-bond acceptors (Lipinski definition) is 2. The van der Waals surface area contributed by atoms with E-state index < -0.39 is 22.9 Å². The van der Waals surface area contributed by atoms with E-state index in [4.69, 9.17) is 10.2 Å². The van der Waals surface area contributed by atoms with Gasteiger partial charge in [-0.05, 0) is 13.8 Å². The Bertz CT molecular complexity index is 242. The summed E-state index contributed by atoms with van der Waals surface area (Å²) < 4.78 is 12.0. The van der Waals surface area contributed by atoms with Crippen LogP contribution in [0, 0.1) is 5.41 Å². The minimum absolute atomic E-state index is 0.198. The van der Waals surface area contributed by atoms with Gasteiger partial charge in [0.25, 0.3) is 0 Å². The van der Waals surface area contributed by atoms with E-state index in [9.17, 15) is 14.0 Å². The van der Waals surface area contributed by atoms with Crippen LogP contribution in [0.15, 0.2) is 11.9 Å². The van der Waals surface area contributed by atoms with Crippen molar-refractivity contribution in [2.24, 2.45) is 5.41 Å². The summed E-state index contributed by atoms with van der Waals surface area (Å²) in [7, 11) is 0. The Hall–Kier alpha value is -1.39. The fourth-order valence-electron chi connectivity index (χ4n) is 0.566. The number of rotatable bonds is 3. The van der Waals surface area contributed by atoms with Crippen LogP contribution in [0.2, 0.25) is 0 Å². The lowest BCUT2D eigenvalue weighted by molar-refractivity contribution is -0.148. The summed E-state index contributed by atoms with van der Waals surface area (Å²) >= 11 is 0. The minimum Gasteiger partial charge on any atom is -0.481 e. The first-order valence-corrected chi connectivity index (χ1v) is 3.11.